The number of carbonyl (C=O) groups is 1. The van der Waals surface area contributed by atoms with Gasteiger partial charge in [0.25, 0.3) is 0 Å². The number of carbonyl (C=O) groups excluding carboxylic acids is 1. The molecule has 6 rings (SSSR count). The summed E-state index contributed by atoms with van der Waals surface area (Å²) in [5, 5.41) is 6.09. The second-order valence-electron chi connectivity index (χ2n) is 9.44. The average molecular weight is 460 g/mol. The lowest BCUT2D eigenvalue weighted by atomic mass is 9.76. The molecule has 0 aromatic heterocycles. The SMILES string of the molecule is O=C(Nc1ccccc1)Nc1cc2c3c(c1)C(c1ccccc1)CCN3CCC2c1ccccc1. The van der Waals surface area contributed by atoms with E-state index in [2.05, 4.69) is 88.3 Å². The fraction of sp³-hybridized carbons (Fsp3) is 0.194. The molecule has 0 aliphatic carbocycles. The van der Waals surface area contributed by atoms with E-state index in [0.717, 1.165) is 37.3 Å². The van der Waals surface area contributed by atoms with Crippen molar-refractivity contribution in [1.82, 2.24) is 0 Å². The third kappa shape index (κ3) is 4.28. The Labute approximate surface area is 206 Å². The average Bonchev–Trinajstić information content (AvgIpc) is 2.90. The van der Waals surface area contributed by atoms with E-state index < -0.39 is 0 Å². The van der Waals surface area contributed by atoms with Crippen molar-refractivity contribution >= 4 is 23.1 Å². The summed E-state index contributed by atoms with van der Waals surface area (Å²) in [6, 6.07) is 35.3. The van der Waals surface area contributed by atoms with E-state index in [-0.39, 0.29) is 6.03 Å². The molecule has 2 heterocycles. The molecule has 0 bridgehead atoms. The highest BCUT2D eigenvalue weighted by Crippen LogP contribution is 2.49. The number of para-hydroxylation sites is 1. The van der Waals surface area contributed by atoms with Crippen LogP contribution in [0.25, 0.3) is 0 Å². The standard InChI is InChI=1S/C31H29N3O/c35-31(32-24-14-8-3-9-15-24)33-25-20-28-26(22-10-4-1-5-11-22)16-18-34-19-17-27(29(21-25)30(28)34)23-12-6-2-7-13-23/h1-15,20-21,26-27H,16-19H2,(H2,32,33,35). The largest absolute Gasteiger partial charge is 0.371 e. The van der Waals surface area contributed by atoms with Gasteiger partial charge in [0.05, 0.1) is 0 Å². The van der Waals surface area contributed by atoms with Crippen LogP contribution in [0.4, 0.5) is 21.9 Å². The summed E-state index contributed by atoms with van der Waals surface area (Å²) in [6.45, 7) is 2.12. The summed E-state index contributed by atoms with van der Waals surface area (Å²) in [6.07, 6.45) is 2.15. The second kappa shape index (κ2) is 9.30. The van der Waals surface area contributed by atoms with Crippen LogP contribution in [0, 0.1) is 0 Å². The van der Waals surface area contributed by atoms with Crippen LogP contribution in [0.15, 0.2) is 103 Å². The third-order valence-corrected chi connectivity index (χ3v) is 7.30. The Balaban J connectivity index is 1.43. The van der Waals surface area contributed by atoms with Gasteiger partial charge in [0.1, 0.15) is 0 Å². The first-order chi connectivity index (χ1) is 17.3. The van der Waals surface area contributed by atoms with E-state index in [1.54, 1.807) is 0 Å². The zero-order chi connectivity index (χ0) is 23.6. The summed E-state index contributed by atoms with van der Waals surface area (Å²) in [5.74, 6) is 0.629. The first-order valence-corrected chi connectivity index (χ1v) is 12.4. The van der Waals surface area contributed by atoms with Crippen molar-refractivity contribution < 1.29 is 4.79 Å². The highest BCUT2D eigenvalue weighted by molar-refractivity contribution is 6.00. The molecule has 0 saturated carbocycles. The van der Waals surface area contributed by atoms with Gasteiger partial charge in [-0.3, -0.25) is 0 Å². The Hall–Kier alpha value is -4.05. The fourth-order valence-corrected chi connectivity index (χ4v) is 5.74. The molecule has 4 nitrogen and oxygen atoms in total. The Morgan fingerprint density at radius 3 is 1.60 bits per heavy atom. The predicted molar refractivity (Wildman–Crippen MR) is 144 cm³/mol. The summed E-state index contributed by atoms with van der Waals surface area (Å²) in [4.78, 5) is 15.5. The molecule has 2 aliphatic heterocycles. The summed E-state index contributed by atoms with van der Waals surface area (Å²) in [5.41, 5.74) is 8.28. The van der Waals surface area contributed by atoms with Gasteiger partial charge in [-0.15, -0.1) is 0 Å². The van der Waals surface area contributed by atoms with E-state index in [1.165, 1.54) is 27.9 Å². The molecule has 0 radical (unpaired) electrons. The highest BCUT2D eigenvalue weighted by Gasteiger charge is 2.35. The molecule has 4 aromatic rings. The van der Waals surface area contributed by atoms with Crippen molar-refractivity contribution in [3.05, 3.63) is 125 Å². The smallest absolute Gasteiger partial charge is 0.323 e. The van der Waals surface area contributed by atoms with Gasteiger partial charge in [0, 0.05) is 42.0 Å². The van der Waals surface area contributed by atoms with Crippen molar-refractivity contribution in [2.24, 2.45) is 0 Å². The molecule has 0 saturated heterocycles. The van der Waals surface area contributed by atoms with Crippen LogP contribution < -0.4 is 15.5 Å². The zero-order valence-electron chi connectivity index (χ0n) is 19.7. The van der Waals surface area contributed by atoms with Crippen LogP contribution in [-0.4, -0.2) is 19.1 Å². The van der Waals surface area contributed by atoms with E-state index >= 15 is 0 Å². The Morgan fingerprint density at radius 1 is 0.629 bits per heavy atom. The predicted octanol–water partition coefficient (Wildman–Crippen LogP) is 7.21. The summed E-state index contributed by atoms with van der Waals surface area (Å²) < 4.78 is 0. The van der Waals surface area contributed by atoms with Gasteiger partial charge in [0.15, 0.2) is 0 Å². The van der Waals surface area contributed by atoms with Crippen LogP contribution in [0.5, 0.6) is 0 Å². The number of hydrogen-bond acceptors (Lipinski definition) is 2. The van der Waals surface area contributed by atoms with E-state index in [0.29, 0.717) is 11.8 Å². The first kappa shape index (κ1) is 21.5. The normalized spacial score (nSPS) is 18.5. The van der Waals surface area contributed by atoms with Gasteiger partial charge in [-0.1, -0.05) is 78.9 Å². The van der Waals surface area contributed by atoms with Crippen LogP contribution in [-0.2, 0) is 0 Å². The highest BCUT2D eigenvalue weighted by atomic mass is 16.2. The number of nitrogens with zero attached hydrogens (tertiary/aromatic N) is 1. The van der Waals surface area contributed by atoms with Crippen molar-refractivity contribution in [3.63, 3.8) is 0 Å². The number of urea groups is 1. The number of anilines is 3. The molecule has 2 aliphatic rings. The van der Waals surface area contributed by atoms with Gasteiger partial charge in [0.2, 0.25) is 0 Å². The van der Waals surface area contributed by atoms with Crippen LogP contribution in [0.3, 0.4) is 0 Å². The number of amides is 2. The minimum absolute atomic E-state index is 0.223. The number of hydrogen-bond donors (Lipinski definition) is 2. The minimum Gasteiger partial charge on any atom is -0.371 e. The molecule has 35 heavy (non-hydrogen) atoms. The lowest BCUT2D eigenvalue weighted by Crippen LogP contribution is -2.37. The van der Waals surface area contributed by atoms with Crippen LogP contribution in [0.2, 0.25) is 0 Å². The van der Waals surface area contributed by atoms with E-state index in [9.17, 15) is 4.79 Å². The topological polar surface area (TPSA) is 44.4 Å². The van der Waals surface area contributed by atoms with E-state index in [4.69, 9.17) is 0 Å². The zero-order valence-corrected chi connectivity index (χ0v) is 19.7. The van der Waals surface area contributed by atoms with Gasteiger partial charge < -0.3 is 15.5 Å². The second-order valence-corrected chi connectivity index (χ2v) is 9.44. The minimum atomic E-state index is -0.223. The van der Waals surface area contributed by atoms with Crippen molar-refractivity contribution in [3.8, 4) is 0 Å². The van der Waals surface area contributed by atoms with Crippen LogP contribution >= 0.6 is 0 Å². The Bertz CT molecular complexity index is 1250. The summed E-state index contributed by atoms with van der Waals surface area (Å²) in [7, 11) is 0. The maximum atomic E-state index is 12.9. The van der Waals surface area contributed by atoms with Crippen molar-refractivity contribution in [2.75, 3.05) is 28.6 Å². The van der Waals surface area contributed by atoms with Gasteiger partial charge in [-0.2, -0.15) is 0 Å². The summed E-state index contributed by atoms with van der Waals surface area (Å²) >= 11 is 0. The maximum absolute atomic E-state index is 12.9. The Morgan fingerprint density at radius 2 is 1.09 bits per heavy atom. The van der Waals surface area contributed by atoms with E-state index in [1.807, 2.05) is 30.3 Å². The number of rotatable bonds is 4. The third-order valence-electron chi connectivity index (χ3n) is 7.30. The molecule has 174 valence electrons. The lowest BCUT2D eigenvalue weighted by molar-refractivity contribution is 0.262. The number of nitrogens with one attached hydrogen (secondary N) is 2. The molecule has 4 aromatic carbocycles. The van der Waals surface area contributed by atoms with Crippen molar-refractivity contribution in [2.45, 2.75) is 24.7 Å². The molecular formula is C31H29N3O. The molecule has 0 fully saturated rings. The monoisotopic (exact) mass is 459 g/mol. The van der Waals surface area contributed by atoms with Gasteiger partial charge in [-0.25, -0.2) is 4.79 Å². The molecule has 2 unspecified atom stereocenters. The molecule has 2 amide bonds. The number of benzene rings is 4. The quantitative estimate of drug-likeness (QED) is 0.339. The maximum Gasteiger partial charge on any atom is 0.323 e. The molecule has 2 N–H and O–H groups in total. The first-order valence-electron chi connectivity index (χ1n) is 12.4. The van der Waals surface area contributed by atoms with Gasteiger partial charge in [-0.05, 0) is 59.4 Å². The molecular weight excluding hydrogens is 430 g/mol. The molecule has 2 atom stereocenters. The Kier molecular flexibility index (Phi) is 5.71. The fourth-order valence-electron chi connectivity index (χ4n) is 5.74. The van der Waals surface area contributed by atoms with Crippen LogP contribution in [0.1, 0.15) is 46.9 Å². The molecule has 0 spiro atoms. The van der Waals surface area contributed by atoms with Crippen molar-refractivity contribution in [1.29, 1.82) is 0 Å². The molecule has 4 heteroatoms. The lowest BCUT2D eigenvalue weighted by Gasteiger charge is -2.43. The van der Waals surface area contributed by atoms with Gasteiger partial charge >= 0.3 is 6.03 Å².